The van der Waals surface area contributed by atoms with Crippen LogP contribution in [-0.4, -0.2) is 54.6 Å². The van der Waals surface area contributed by atoms with Gasteiger partial charge in [0.15, 0.2) is 0 Å². The van der Waals surface area contributed by atoms with Crippen LogP contribution in [0.4, 0.5) is 0 Å². The molecule has 156 valence electrons. The maximum absolute atomic E-state index is 12.3. The first kappa shape index (κ1) is 24.3. The molecule has 0 radical (unpaired) electrons. The maximum Gasteiger partial charge on any atom is 0.329 e. The molecule has 10 heteroatoms. The second kappa shape index (κ2) is 14.3. The number of hydrazine groups is 1. The first-order chi connectivity index (χ1) is 13.5. The van der Waals surface area contributed by atoms with Crippen molar-refractivity contribution in [2.45, 2.75) is 32.4 Å². The first-order valence-electron chi connectivity index (χ1n) is 8.88. The van der Waals surface area contributed by atoms with Crippen molar-refractivity contribution in [1.82, 2.24) is 10.7 Å². The number of hydrogen-bond acceptors (Lipinski definition) is 9. The summed E-state index contributed by atoms with van der Waals surface area (Å²) >= 11 is 0. The Hall–Kier alpha value is -1.75. The zero-order valence-corrected chi connectivity index (χ0v) is 17.6. The molecule has 2 unspecified atom stereocenters. The quantitative estimate of drug-likeness (QED) is 0.139. The highest BCUT2D eigenvalue weighted by molar-refractivity contribution is 8.76. The van der Waals surface area contributed by atoms with Gasteiger partial charge in [-0.15, -0.1) is 0 Å². The Bertz CT molecular complexity index is 618. The fraction of sp³-hybridized carbons (Fsp3) is 0.500. The summed E-state index contributed by atoms with van der Waals surface area (Å²) in [6, 6.07) is 7.84. The van der Waals surface area contributed by atoms with E-state index in [1.807, 2.05) is 30.3 Å². The zero-order valence-electron chi connectivity index (χ0n) is 16.0. The van der Waals surface area contributed by atoms with Gasteiger partial charge < -0.3 is 14.8 Å². The Morgan fingerprint density at radius 2 is 1.50 bits per heavy atom. The Labute approximate surface area is 173 Å². The lowest BCUT2D eigenvalue weighted by atomic mass is 10.1. The first-order valence-corrected chi connectivity index (χ1v) is 11.4. The lowest BCUT2D eigenvalue weighted by Crippen LogP contribution is -2.45. The summed E-state index contributed by atoms with van der Waals surface area (Å²) < 4.78 is 9.96. The second-order valence-electron chi connectivity index (χ2n) is 5.57. The smallest absolute Gasteiger partial charge is 0.329 e. The number of ether oxygens (including phenoxy) is 2. The van der Waals surface area contributed by atoms with E-state index in [0.717, 1.165) is 5.56 Å². The molecule has 2 atom stereocenters. The largest absolute Gasteiger partial charge is 0.465 e. The standard InChI is InChI=1S/C18H27N3O5S2/c1-3-25-17(23)14(20-16(22)10-13-8-6-5-7-9-13)11-27-28-12-15(21-19)18(24)26-4-2/h5-9,14-15,21H,3-4,10-12,19H2,1-2H3,(H,20,22). The summed E-state index contributed by atoms with van der Waals surface area (Å²) in [7, 11) is 2.69. The maximum atomic E-state index is 12.3. The fourth-order valence-electron chi connectivity index (χ4n) is 2.10. The number of rotatable bonds is 13. The van der Waals surface area contributed by atoms with Crippen LogP contribution in [0, 0.1) is 0 Å². The topological polar surface area (TPSA) is 120 Å². The molecule has 0 bridgehead atoms. The monoisotopic (exact) mass is 429 g/mol. The molecule has 28 heavy (non-hydrogen) atoms. The highest BCUT2D eigenvalue weighted by Crippen LogP contribution is 2.23. The Balaban J connectivity index is 2.51. The third kappa shape index (κ3) is 9.45. The zero-order chi connectivity index (χ0) is 20.8. The number of carbonyl (C=O) groups excluding carboxylic acids is 3. The minimum atomic E-state index is -0.777. The summed E-state index contributed by atoms with van der Waals surface area (Å²) in [5.41, 5.74) is 3.26. The number of nitrogens with two attached hydrogens (primary N) is 1. The molecule has 8 nitrogen and oxygen atoms in total. The minimum Gasteiger partial charge on any atom is -0.465 e. The number of hydrogen-bond donors (Lipinski definition) is 3. The third-order valence-electron chi connectivity index (χ3n) is 3.44. The molecule has 0 saturated carbocycles. The van der Waals surface area contributed by atoms with Gasteiger partial charge in [0.05, 0.1) is 19.6 Å². The molecule has 0 saturated heterocycles. The van der Waals surface area contributed by atoms with Gasteiger partial charge in [-0.05, 0) is 19.4 Å². The van der Waals surface area contributed by atoms with E-state index in [1.54, 1.807) is 13.8 Å². The van der Waals surface area contributed by atoms with Crippen LogP contribution in [0.2, 0.25) is 0 Å². The van der Waals surface area contributed by atoms with Crippen molar-refractivity contribution in [3.63, 3.8) is 0 Å². The van der Waals surface area contributed by atoms with E-state index in [1.165, 1.54) is 21.6 Å². The Morgan fingerprint density at radius 3 is 2.04 bits per heavy atom. The van der Waals surface area contributed by atoms with Gasteiger partial charge in [0.25, 0.3) is 0 Å². The van der Waals surface area contributed by atoms with Crippen molar-refractivity contribution in [2.75, 3.05) is 24.7 Å². The van der Waals surface area contributed by atoms with Crippen molar-refractivity contribution in [3.05, 3.63) is 35.9 Å². The number of amides is 1. The van der Waals surface area contributed by atoms with Crippen LogP contribution < -0.4 is 16.6 Å². The number of esters is 2. The van der Waals surface area contributed by atoms with Crippen LogP contribution in [0.1, 0.15) is 19.4 Å². The fourth-order valence-corrected chi connectivity index (χ4v) is 4.41. The van der Waals surface area contributed by atoms with Crippen molar-refractivity contribution in [3.8, 4) is 0 Å². The molecular formula is C18H27N3O5S2. The van der Waals surface area contributed by atoms with Gasteiger partial charge in [-0.1, -0.05) is 51.9 Å². The molecule has 4 N–H and O–H groups in total. The predicted octanol–water partition coefficient (Wildman–Crippen LogP) is 1.05. The molecule has 0 heterocycles. The van der Waals surface area contributed by atoms with Gasteiger partial charge >= 0.3 is 11.9 Å². The van der Waals surface area contributed by atoms with Crippen LogP contribution >= 0.6 is 21.6 Å². The summed E-state index contributed by atoms with van der Waals surface area (Å²) in [5.74, 6) is 4.83. The van der Waals surface area contributed by atoms with Crippen molar-refractivity contribution in [2.24, 2.45) is 5.84 Å². The van der Waals surface area contributed by atoms with E-state index in [0.29, 0.717) is 11.5 Å². The van der Waals surface area contributed by atoms with Crippen molar-refractivity contribution >= 4 is 39.4 Å². The number of benzene rings is 1. The van der Waals surface area contributed by atoms with Gasteiger partial charge in [0.1, 0.15) is 12.1 Å². The number of carbonyl (C=O) groups is 3. The summed E-state index contributed by atoms with van der Waals surface area (Å²) in [6.45, 7) is 3.92. The van der Waals surface area contributed by atoms with Crippen LogP contribution in [0.25, 0.3) is 0 Å². The van der Waals surface area contributed by atoms with Crippen LogP contribution in [0.5, 0.6) is 0 Å². The van der Waals surface area contributed by atoms with Crippen LogP contribution in [0.15, 0.2) is 30.3 Å². The van der Waals surface area contributed by atoms with Gasteiger partial charge in [0, 0.05) is 11.5 Å². The van der Waals surface area contributed by atoms with Gasteiger partial charge in [0.2, 0.25) is 5.91 Å². The van der Waals surface area contributed by atoms with E-state index < -0.39 is 24.0 Å². The average molecular weight is 430 g/mol. The summed E-state index contributed by atoms with van der Waals surface area (Å²) in [4.78, 5) is 36.1. The molecular weight excluding hydrogens is 402 g/mol. The molecule has 0 aromatic heterocycles. The molecule has 0 aliphatic rings. The highest BCUT2D eigenvalue weighted by Gasteiger charge is 2.23. The summed E-state index contributed by atoms with van der Waals surface area (Å²) in [5, 5.41) is 2.72. The van der Waals surface area contributed by atoms with E-state index >= 15 is 0 Å². The van der Waals surface area contributed by atoms with Crippen molar-refractivity contribution in [1.29, 1.82) is 0 Å². The number of nitrogens with one attached hydrogen (secondary N) is 2. The lowest BCUT2D eigenvalue weighted by molar-refractivity contribution is -0.146. The van der Waals surface area contributed by atoms with E-state index in [4.69, 9.17) is 15.3 Å². The molecule has 1 rings (SSSR count). The average Bonchev–Trinajstić information content (AvgIpc) is 2.68. The molecule has 0 fully saturated rings. The molecule has 0 aliphatic carbocycles. The van der Waals surface area contributed by atoms with Gasteiger partial charge in [-0.25, -0.2) is 10.2 Å². The summed E-state index contributed by atoms with van der Waals surface area (Å²) in [6.07, 6.45) is 0.177. The van der Waals surface area contributed by atoms with Crippen LogP contribution in [-0.2, 0) is 30.3 Å². The molecule has 1 amide bonds. The third-order valence-corrected chi connectivity index (χ3v) is 5.86. The molecule has 0 spiro atoms. The highest BCUT2D eigenvalue weighted by atomic mass is 33.1. The lowest BCUT2D eigenvalue weighted by Gasteiger charge is -2.18. The second-order valence-corrected chi connectivity index (χ2v) is 8.13. The van der Waals surface area contributed by atoms with Gasteiger partial charge in [-0.2, -0.15) is 0 Å². The van der Waals surface area contributed by atoms with Crippen LogP contribution in [0.3, 0.4) is 0 Å². The molecule has 1 aromatic rings. The SMILES string of the molecule is CCOC(=O)C(CSSCC(NC(=O)Cc1ccccc1)C(=O)OCC)NN. The molecule has 1 aromatic carbocycles. The van der Waals surface area contributed by atoms with E-state index in [2.05, 4.69) is 10.7 Å². The minimum absolute atomic E-state index is 0.177. The Kier molecular flexibility index (Phi) is 12.4. The normalized spacial score (nSPS) is 12.7. The predicted molar refractivity (Wildman–Crippen MR) is 111 cm³/mol. The Morgan fingerprint density at radius 1 is 0.964 bits per heavy atom. The van der Waals surface area contributed by atoms with Gasteiger partial charge in [-0.3, -0.25) is 15.4 Å². The van der Waals surface area contributed by atoms with E-state index in [9.17, 15) is 14.4 Å². The van der Waals surface area contributed by atoms with E-state index in [-0.39, 0.29) is 25.5 Å². The molecule has 0 aliphatic heterocycles. The van der Waals surface area contributed by atoms with Crippen molar-refractivity contribution < 1.29 is 23.9 Å².